The zero-order valence-corrected chi connectivity index (χ0v) is 20.1. The summed E-state index contributed by atoms with van der Waals surface area (Å²) in [6.45, 7) is 17.4. The van der Waals surface area contributed by atoms with Crippen LogP contribution in [0.15, 0.2) is 23.0 Å². The van der Waals surface area contributed by atoms with Crippen LogP contribution >= 0.6 is 0 Å². The molecule has 1 fully saturated rings. The molecule has 1 aliphatic heterocycles. The summed E-state index contributed by atoms with van der Waals surface area (Å²) in [5.74, 6) is 0.733. The smallest absolute Gasteiger partial charge is 0.253 e. The van der Waals surface area contributed by atoms with Crippen molar-refractivity contribution in [1.29, 1.82) is 0 Å². The Morgan fingerprint density at radius 2 is 1.81 bits per heavy atom. The Morgan fingerprint density at radius 1 is 1.09 bits per heavy atom. The van der Waals surface area contributed by atoms with Gasteiger partial charge >= 0.3 is 0 Å². The van der Waals surface area contributed by atoms with Gasteiger partial charge in [-0.3, -0.25) is 9.69 Å². The Bertz CT molecular complexity index is 1150. The number of aromatic amines is 1. The highest BCUT2D eigenvalue weighted by molar-refractivity contribution is 5.83. The number of rotatable bonds is 6. The number of benzene rings is 1. The molecule has 0 saturated carbocycles. The summed E-state index contributed by atoms with van der Waals surface area (Å²) in [4.78, 5) is 21.4. The molecule has 8 nitrogen and oxygen atoms in total. The Hall–Kier alpha value is -2.58. The Labute approximate surface area is 189 Å². The van der Waals surface area contributed by atoms with Gasteiger partial charge in [0.1, 0.15) is 6.04 Å². The minimum Gasteiger partial charge on any atom is -0.322 e. The highest BCUT2D eigenvalue weighted by Crippen LogP contribution is 2.31. The molecule has 172 valence electrons. The maximum atomic E-state index is 13.4. The molecule has 8 heteroatoms. The van der Waals surface area contributed by atoms with Crippen LogP contribution in [0.4, 0.5) is 0 Å². The maximum absolute atomic E-state index is 13.4. The molecule has 3 heterocycles. The number of nitrogens with zero attached hydrogens (tertiary/aromatic N) is 6. The zero-order chi connectivity index (χ0) is 23.0. The van der Waals surface area contributed by atoms with Crippen molar-refractivity contribution in [2.45, 2.75) is 59.5 Å². The van der Waals surface area contributed by atoms with Crippen molar-refractivity contribution in [2.75, 3.05) is 32.7 Å². The standard InChI is InChI=1S/C24H35N7O/c1-7-24(5,6)31-22(26-27-28-31)21(30-11-9-29(8-2)10-12-30)19-15-18-17(4)13-16(3)14-20(18)25-23(19)32/h13-15,21H,7-12H2,1-6H3,(H,25,32)/t21-/m0/s1. The molecule has 1 aromatic carbocycles. The second-order valence-electron chi connectivity index (χ2n) is 9.58. The molecule has 1 saturated heterocycles. The average molecular weight is 438 g/mol. The Balaban J connectivity index is 1.89. The number of aryl methyl sites for hydroxylation is 2. The monoisotopic (exact) mass is 437 g/mol. The van der Waals surface area contributed by atoms with E-state index in [0.29, 0.717) is 5.56 Å². The van der Waals surface area contributed by atoms with Crippen molar-refractivity contribution in [2.24, 2.45) is 0 Å². The zero-order valence-electron chi connectivity index (χ0n) is 20.1. The van der Waals surface area contributed by atoms with Gasteiger partial charge in [-0.2, -0.15) is 0 Å². The van der Waals surface area contributed by atoms with Gasteiger partial charge < -0.3 is 9.88 Å². The van der Waals surface area contributed by atoms with Crippen molar-refractivity contribution in [3.8, 4) is 0 Å². The van der Waals surface area contributed by atoms with Gasteiger partial charge in [-0.05, 0) is 74.3 Å². The number of tetrazole rings is 1. The minimum atomic E-state index is -0.302. The molecule has 3 aromatic rings. The van der Waals surface area contributed by atoms with Gasteiger partial charge in [-0.25, -0.2) is 4.68 Å². The van der Waals surface area contributed by atoms with Crippen LogP contribution in [0, 0.1) is 13.8 Å². The second-order valence-corrected chi connectivity index (χ2v) is 9.58. The molecule has 0 amide bonds. The molecule has 0 bridgehead atoms. The van der Waals surface area contributed by atoms with E-state index in [-0.39, 0.29) is 17.1 Å². The first-order chi connectivity index (χ1) is 15.2. The quantitative estimate of drug-likeness (QED) is 0.638. The fraction of sp³-hybridized carbons (Fsp3) is 0.583. The lowest BCUT2D eigenvalue weighted by Gasteiger charge is -2.39. The fourth-order valence-corrected chi connectivity index (χ4v) is 4.67. The van der Waals surface area contributed by atoms with Gasteiger partial charge in [0.2, 0.25) is 0 Å². The summed E-state index contributed by atoms with van der Waals surface area (Å²) in [5, 5.41) is 13.9. The molecule has 0 spiro atoms. The van der Waals surface area contributed by atoms with Crippen LogP contribution in [-0.4, -0.2) is 67.7 Å². The van der Waals surface area contributed by atoms with Crippen molar-refractivity contribution in [3.05, 3.63) is 51.1 Å². The number of piperazine rings is 1. The van der Waals surface area contributed by atoms with E-state index < -0.39 is 0 Å². The molecule has 2 aromatic heterocycles. The first-order valence-electron chi connectivity index (χ1n) is 11.6. The summed E-state index contributed by atoms with van der Waals surface area (Å²) in [7, 11) is 0. The number of nitrogens with one attached hydrogen (secondary N) is 1. The number of aromatic nitrogens is 5. The number of hydrogen-bond donors (Lipinski definition) is 1. The van der Waals surface area contributed by atoms with Crippen LogP contribution in [-0.2, 0) is 5.54 Å². The summed E-state index contributed by atoms with van der Waals surface area (Å²) in [5.41, 5.74) is 3.55. The number of fused-ring (bicyclic) bond motifs is 1. The largest absolute Gasteiger partial charge is 0.322 e. The maximum Gasteiger partial charge on any atom is 0.253 e. The molecular formula is C24H35N7O. The van der Waals surface area contributed by atoms with E-state index >= 15 is 0 Å². The first-order valence-corrected chi connectivity index (χ1v) is 11.6. The Kier molecular flexibility index (Phi) is 6.18. The highest BCUT2D eigenvalue weighted by Gasteiger charge is 2.35. The second kappa shape index (κ2) is 8.75. The molecule has 32 heavy (non-hydrogen) atoms. The highest BCUT2D eigenvalue weighted by atomic mass is 16.1. The lowest BCUT2D eigenvalue weighted by atomic mass is 9.97. The van der Waals surface area contributed by atoms with E-state index in [1.165, 1.54) is 0 Å². The number of hydrogen-bond acceptors (Lipinski definition) is 6. The molecule has 0 unspecified atom stereocenters. The third-order valence-corrected chi connectivity index (χ3v) is 7.03. The average Bonchev–Trinajstić information content (AvgIpc) is 3.25. The summed E-state index contributed by atoms with van der Waals surface area (Å²) < 4.78 is 1.91. The van der Waals surface area contributed by atoms with Crippen LogP contribution in [0.1, 0.15) is 62.7 Å². The third kappa shape index (κ3) is 4.09. The molecular weight excluding hydrogens is 402 g/mol. The molecule has 1 aliphatic rings. The van der Waals surface area contributed by atoms with E-state index in [1.54, 1.807) is 0 Å². The van der Waals surface area contributed by atoms with Crippen molar-refractivity contribution < 1.29 is 0 Å². The summed E-state index contributed by atoms with van der Waals surface area (Å²) in [6, 6.07) is 5.94. The van der Waals surface area contributed by atoms with Crippen molar-refractivity contribution in [3.63, 3.8) is 0 Å². The molecule has 1 atom stereocenters. The van der Waals surface area contributed by atoms with Crippen molar-refractivity contribution in [1.82, 2.24) is 35.0 Å². The van der Waals surface area contributed by atoms with Gasteiger partial charge in [-0.15, -0.1) is 5.10 Å². The number of H-pyrrole nitrogens is 1. The summed E-state index contributed by atoms with van der Waals surface area (Å²) in [6.07, 6.45) is 0.883. The SMILES string of the molecule is CCN1CCN([C@@H](c2cc3c(C)cc(C)cc3[nH]c2=O)c2nnnn2C(C)(C)CC)CC1. The first kappa shape index (κ1) is 22.6. The van der Waals surface area contributed by atoms with E-state index in [1.807, 2.05) is 10.7 Å². The van der Waals surface area contributed by atoms with E-state index in [0.717, 1.165) is 67.0 Å². The van der Waals surface area contributed by atoms with Crippen LogP contribution < -0.4 is 5.56 Å². The van der Waals surface area contributed by atoms with Crippen LogP contribution in [0.2, 0.25) is 0 Å². The third-order valence-electron chi connectivity index (χ3n) is 7.03. The molecule has 0 radical (unpaired) electrons. The van der Waals surface area contributed by atoms with Gasteiger partial charge in [0.05, 0.1) is 5.54 Å². The van der Waals surface area contributed by atoms with Gasteiger partial charge in [0.25, 0.3) is 5.56 Å². The van der Waals surface area contributed by atoms with Gasteiger partial charge in [0, 0.05) is 42.6 Å². The van der Waals surface area contributed by atoms with Crippen LogP contribution in [0.5, 0.6) is 0 Å². The molecule has 4 rings (SSSR count). The van der Waals surface area contributed by atoms with Crippen LogP contribution in [0.25, 0.3) is 10.9 Å². The molecule has 1 N–H and O–H groups in total. The number of pyridine rings is 1. The predicted molar refractivity (Wildman–Crippen MR) is 127 cm³/mol. The predicted octanol–water partition coefficient (Wildman–Crippen LogP) is 3.00. The van der Waals surface area contributed by atoms with Crippen LogP contribution in [0.3, 0.4) is 0 Å². The summed E-state index contributed by atoms with van der Waals surface area (Å²) >= 11 is 0. The lowest BCUT2D eigenvalue weighted by Crippen LogP contribution is -2.49. The normalized spacial score (nSPS) is 17.2. The van der Waals surface area contributed by atoms with E-state index in [2.05, 4.69) is 84.0 Å². The van der Waals surface area contributed by atoms with E-state index in [9.17, 15) is 4.79 Å². The van der Waals surface area contributed by atoms with Crippen molar-refractivity contribution >= 4 is 10.9 Å². The minimum absolute atomic E-state index is 0.0747. The molecule has 0 aliphatic carbocycles. The fourth-order valence-electron chi connectivity index (χ4n) is 4.67. The van der Waals surface area contributed by atoms with E-state index in [4.69, 9.17) is 0 Å². The lowest BCUT2D eigenvalue weighted by molar-refractivity contribution is 0.105. The van der Waals surface area contributed by atoms with Gasteiger partial charge in [0.15, 0.2) is 5.82 Å². The topological polar surface area (TPSA) is 82.9 Å². The number of likely N-dealkylation sites (N-methyl/N-ethyl adjacent to an activating group) is 1. The Morgan fingerprint density at radius 3 is 2.47 bits per heavy atom. The van der Waals surface area contributed by atoms with Gasteiger partial charge in [-0.1, -0.05) is 19.9 Å².